The third kappa shape index (κ3) is 5.46. The van der Waals surface area contributed by atoms with Crippen LogP contribution in [0, 0.1) is 5.92 Å². The molecule has 0 aromatic heterocycles. The van der Waals surface area contributed by atoms with Gasteiger partial charge in [0, 0.05) is 12.6 Å². The molecule has 6 heteroatoms. The van der Waals surface area contributed by atoms with E-state index in [1.807, 2.05) is 6.92 Å². The molecule has 0 aliphatic carbocycles. The summed E-state index contributed by atoms with van der Waals surface area (Å²) >= 11 is 0. The number of sulfonamides is 1. The number of hydrogen-bond donors (Lipinski definition) is 1. The fourth-order valence-corrected chi connectivity index (χ4v) is 4.04. The molecule has 0 amide bonds. The third-order valence-electron chi connectivity index (χ3n) is 4.55. The normalized spacial score (nSPS) is 17.3. The molecule has 1 aliphatic heterocycles. The van der Waals surface area contributed by atoms with E-state index in [9.17, 15) is 8.42 Å². The second-order valence-electron chi connectivity index (χ2n) is 6.74. The molecule has 136 valence electrons. The van der Waals surface area contributed by atoms with Crippen molar-refractivity contribution in [1.82, 2.24) is 9.62 Å². The van der Waals surface area contributed by atoms with Gasteiger partial charge in [0.2, 0.25) is 10.0 Å². The third-order valence-corrected chi connectivity index (χ3v) is 5.99. The summed E-state index contributed by atoms with van der Waals surface area (Å²) in [4.78, 5) is 2.74. The number of piperidine rings is 1. The lowest BCUT2D eigenvalue weighted by molar-refractivity contribution is 0.151. The number of nitrogens with zero attached hydrogens (tertiary/aromatic N) is 1. The van der Waals surface area contributed by atoms with Crippen LogP contribution in [0.1, 0.15) is 40.0 Å². The molecule has 1 N–H and O–H groups in total. The number of hydrogen-bond acceptors (Lipinski definition) is 4. The monoisotopic (exact) mass is 354 g/mol. The molecule has 1 aromatic rings. The summed E-state index contributed by atoms with van der Waals surface area (Å²) < 4.78 is 33.1. The van der Waals surface area contributed by atoms with Crippen molar-refractivity contribution in [2.75, 3.05) is 26.2 Å². The van der Waals surface area contributed by atoms with Crippen molar-refractivity contribution in [3.63, 3.8) is 0 Å². The summed E-state index contributed by atoms with van der Waals surface area (Å²) in [6, 6.07) is 7.20. The van der Waals surface area contributed by atoms with Crippen molar-refractivity contribution in [2.24, 2.45) is 5.92 Å². The maximum absolute atomic E-state index is 12.4. The number of benzene rings is 1. The van der Waals surface area contributed by atoms with E-state index in [0.717, 1.165) is 32.4 Å². The Morgan fingerprint density at radius 1 is 1.21 bits per heavy atom. The van der Waals surface area contributed by atoms with Crippen molar-refractivity contribution < 1.29 is 13.2 Å². The molecule has 2 rings (SSSR count). The maximum Gasteiger partial charge on any atom is 0.240 e. The predicted molar refractivity (Wildman–Crippen MR) is 96.8 cm³/mol. The van der Waals surface area contributed by atoms with E-state index >= 15 is 0 Å². The van der Waals surface area contributed by atoms with Crippen LogP contribution in [-0.4, -0.2) is 45.6 Å². The fraction of sp³-hybridized carbons (Fsp3) is 0.667. The fourth-order valence-electron chi connectivity index (χ4n) is 2.92. The summed E-state index contributed by atoms with van der Waals surface area (Å²) in [5.74, 6) is 1.12. The van der Waals surface area contributed by atoms with Gasteiger partial charge in [-0.25, -0.2) is 13.1 Å². The summed E-state index contributed by atoms with van der Waals surface area (Å²) in [6.07, 6.45) is 3.02. The molecular weight excluding hydrogens is 324 g/mol. The van der Waals surface area contributed by atoms with Crippen molar-refractivity contribution in [3.8, 4) is 5.75 Å². The average Bonchev–Trinajstić information content (AvgIpc) is 2.59. The van der Waals surface area contributed by atoms with Gasteiger partial charge < -0.3 is 9.64 Å². The minimum Gasteiger partial charge on any atom is -0.494 e. The van der Waals surface area contributed by atoms with Gasteiger partial charge in [-0.3, -0.25) is 0 Å². The topological polar surface area (TPSA) is 58.6 Å². The van der Waals surface area contributed by atoms with Crippen LogP contribution in [0.4, 0.5) is 0 Å². The number of rotatable bonds is 8. The van der Waals surface area contributed by atoms with Gasteiger partial charge in [-0.05, 0) is 76.4 Å². The van der Waals surface area contributed by atoms with Crippen LogP contribution >= 0.6 is 0 Å². The largest absolute Gasteiger partial charge is 0.494 e. The van der Waals surface area contributed by atoms with Gasteiger partial charge in [-0.15, -0.1) is 0 Å². The highest BCUT2D eigenvalue weighted by atomic mass is 32.2. The molecular formula is C18H30N2O3S. The Kier molecular flexibility index (Phi) is 7.07. The minimum absolute atomic E-state index is 0.297. The Hall–Kier alpha value is -1.11. The van der Waals surface area contributed by atoms with Gasteiger partial charge in [0.05, 0.1) is 11.5 Å². The quantitative estimate of drug-likeness (QED) is 0.780. The Morgan fingerprint density at radius 3 is 2.38 bits per heavy atom. The number of likely N-dealkylation sites (tertiary alicyclic amines) is 1. The van der Waals surface area contributed by atoms with Crippen LogP contribution in [0.2, 0.25) is 0 Å². The Balaban J connectivity index is 1.85. The summed E-state index contributed by atoms with van der Waals surface area (Å²) in [7, 11) is -3.45. The summed E-state index contributed by atoms with van der Waals surface area (Å²) in [6.45, 7) is 9.70. The van der Waals surface area contributed by atoms with Crippen LogP contribution in [0.5, 0.6) is 5.75 Å². The van der Waals surface area contributed by atoms with E-state index in [0.29, 0.717) is 35.8 Å². The van der Waals surface area contributed by atoms with E-state index in [2.05, 4.69) is 23.5 Å². The summed E-state index contributed by atoms with van der Waals surface area (Å²) in [5.41, 5.74) is 0. The first-order chi connectivity index (χ1) is 11.4. The molecule has 0 unspecified atom stereocenters. The standard InChI is InChI=1S/C18H30N2O3S/c1-4-13-23-17-5-7-18(8-6-17)24(21,22)19-14-16-9-11-20(12-10-16)15(2)3/h5-8,15-16,19H,4,9-14H2,1-3H3. The first-order valence-electron chi connectivity index (χ1n) is 8.89. The molecule has 24 heavy (non-hydrogen) atoms. The molecule has 1 aliphatic rings. The smallest absolute Gasteiger partial charge is 0.240 e. The lowest BCUT2D eigenvalue weighted by Crippen LogP contribution is -2.41. The zero-order chi connectivity index (χ0) is 17.6. The Morgan fingerprint density at radius 2 is 1.83 bits per heavy atom. The van der Waals surface area contributed by atoms with Crippen LogP contribution in [0.25, 0.3) is 0 Å². The highest BCUT2D eigenvalue weighted by Crippen LogP contribution is 2.20. The Labute approximate surface area is 146 Å². The average molecular weight is 355 g/mol. The number of ether oxygens (including phenoxy) is 1. The zero-order valence-corrected chi connectivity index (χ0v) is 15.8. The molecule has 0 saturated carbocycles. The molecule has 1 aromatic carbocycles. The first kappa shape index (κ1) is 19.2. The SMILES string of the molecule is CCCOc1ccc(S(=O)(=O)NCC2CCN(C(C)C)CC2)cc1. The van der Waals surface area contributed by atoms with Gasteiger partial charge in [0.15, 0.2) is 0 Å². The predicted octanol–water partition coefficient (Wildman–Crippen LogP) is 2.87. The maximum atomic E-state index is 12.4. The van der Waals surface area contributed by atoms with Crippen molar-refractivity contribution >= 4 is 10.0 Å². The molecule has 5 nitrogen and oxygen atoms in total. The molecule has 0 spiro atoms. The summed E-state index contributed by atoms with van der Waals surface area (Å²) in [5, 5.41) is 0. The molecule has 0 bridgehead atoms. The highest BCUT2D eigenvalue weighted by molar-refractivity contribution is 7.89. The van der Waals surface area contributed by atoms with Crippen LogP contribution < -0.4 is 9.46 Å². The molecule has 0 radical (unpaired) electrons. The zero-order valence-electron chi connectivity index (χ0n) is 15.0. The van der Waals surface area contributed by atoms with Crippen LogP contribution in [0.3, 0.4) is 0 Å². The van der Waals surface area contributed by atoms with Gasteiger partial charge >= 0.3 is 0 Å². The van der Waals surface area contributed by atoms with E-state index in [1.165, 1.54) is 0 Å². The van der Waals surface area contributed by atoms with Gasteiger partial charge in [-0.2, -0.15) is 0 Å². The van der Waals surface area contributed by atoms with E-state index in [4.69, 9.17) is 4.74 Å². The lowest BCUT2D eigenvalue weighted by atomic mass is 9.96. The molecule has 1 heterocycles. The number of nitrogens with one attached hydrogen (secondary N) is 1. The molecule has 0 atom stereocenters. The molecule has 1 saturated heterocycles. The van der Waals surface area contributed by atoms with E-state index in [1.54, 1.807) is 24.3 Å². The lowest BCUT2D eigenvalue weighted by Gasteiger charge is -2.34. The highest BCUT2D eigenvalue weighted by Gasteiger charge is 2.23. The molecule has 1 fully saturated rings. The van der Waals surface area contributed by atoms with E-state index < -0.39 is 10.0 Å². The second-order valence-corrected chi connectivity index (χ2v) is 8.51. The Bertz CT molecular complexity index is 591. The van der Waals surface area contributed by atoms with Crippen molar-refractivity contribution in [1.29, 1.82) is 0 Å². The second kappa shape index (κ2) is 8.83. The van der Waals surface area contributed by atoms with Crippen molar-refractivity contribution in [3.05, 3.63) is 24.3 Å². The van der Waals surface area contributed by atoms with Gasteiger partial charge in [0.25, 0.3) is 0 Å². The first-order valence-corrected chi connectivity index (χ1v) is 10.4. The van der Waals surface area contributed by atoms with Gasteiger partial charge in [-0.1, -0.05) is 6.92 Å². The minimum atomic E-state index is -3.45. The van der Waals surface area contributed by atoms with Crippen LogP contribution in [-0.2, 0) is 10.0 Å². The van der Waals surface area contributed by atoms with Crippen LogP contribution in [0.15, 0.2) is 29.2 Å². The van der Waals surface area contributed by atoms with E-state index in [-0.39, 0.29) is 0 Å². The van der Waals surface area contributed by atoms with Gasteiger partial charge in [0.1, 0.15) is 5.75 Å². The van der Waals surface area contributed by atoms with Crippen molar-refractivity contribution in [2.45, 2.75) is 51.0 Å².